The molecule has 3 aromatic carbocycles. The molecule has 0 N–H and O–H groups in total. The number of benzene rings is 3. The molecule has 0 amide bonds. The van der Waals surface area contributed by atoms with E-state index in [-0.39, 0.29) is 0 Å². The lowest BCUT2D eigenvalue weighted by atomic mass is 9.85. The molecule has 0 radical (unpaired) electrons. The SMILES string of the molecule is c1ccc2c(c1)CCCc1ccc3c(c1-2)-c1ccccc1CCC3. The fourth-order valence-electron chi connectivity index (χ4n) is 4.62. The van der Waals surface area contributed by atoms with E-state index in [1.165, 1.54) is 83.0 Å². The predicted molar refractivity (Wildman–Crippen MR) is 101 cm³/mol. The van der Waals surface area contributed by atoms with E-state index in [1.54, 1.807) is 0 Å². The first kappa shape index (κ1) is 14.0. The summed E-state index contributed by atoms with van der Waals surface area (Å²) in [6.07, 6.45) is 7.29. The molecule has 0 atom stereocenters. The lowest BCUT2D eigenvalue weighted by molar-refractivity contribution is 0.828. The van der Waals surface area contributed by atoms with Crippen LogP contribution >= 0.6 is 0 Å². The molecule has 5 rings (SSSR count). The van der Waals surface area contributed by atoms with Gasteiger partial charge in [-0.3, -0.25) is 0 Å². The predicted octanol–water partition coefficient (Wildman–Crippen LogP) is 6.00. The monoisotopic (exact) mass is 310 g/mol. The summed E-state index contributed by atoms with van der Waals surface area (Å²) in [7, 11) is 0. The van der Waals surface area contributed by atoms with Gasteiger partial charge in [0.05, 0.1) is 0 Å². The van der Waals surface area contributed by atoms with E-state index in [4.69, 9.17) is 0 Å². The van der Waals surface area contributed by atoms with Gasteiger partial charge in [-0.05, 0) is 83.0 Å². The van der Waals surface area contributed by atoms with Crippen LogP contribution in [0.1, 0.15) is 35.1 Å². The molecule has 0 spiro atoms. The van der Waals surface area contributed by atoms with Crippen molar-refractivity contribution >= 4 is 0 Å². The highest BCUT2D eigenvalue weighted by Gasteiger charge is 2.23. The van der Waals surface area contributed by atoms with Crippen LogP contribution in [0.3, 0.4) is 0 Å². The smallest absolute Gasteiger partial charge is 0.00677 e. The Kier molecular flexibility index (Phi) is 3.29. The van der Waals surface area contributed by atoms with Gasteiger partial charge in [-0.1, -0.05) is 60.7 Å². The van der Waals surface area contributed by atoms with Crippen LogP contribution in [0.2, 0.25) is 0 Å². The van der Waals surface area contributed by atoms with Crippen LogP contribution in [0.15, 0.2) is 60.7 Å². The number of rotatable bonds is 0. The van der Waals surface area contributed by atoms with E-state index in [0.717, 1.165) is 0 Å². The summed E-state index contributed by atoms with van der Waals surface area (Å²) in [5.74, 6) is 0. The quantitative estimate of drug-likeness (QED) is 0.478. The molecule has 0 saturated carbocycles. The molecule has 0 bridgehead atoms. The fraction of sp³-hybridized carbons (Fsp3) is 0.250. The molecule has 0 unspecified atom stereocenters. The van der Waals surface area contributed by atoms with E-state index < -0.39 is 0 Å². The largest absolute Gasteiger partial charge is 0.0620 e. The number of hydrogen-bond acceptors (Lipinski definition) is 0. The van der Waals surface area contributed by atoms with Crippen LogP contribution in [0.4, 0.5) is 0 Å². The average Bonchev–Trinajstić information content (AvgIpc) is 2.93. The van der Waals surface area contributed by atoms with Gasteiger partial charge in [0.25, 0.3) is 0 Å². The Morgan fingerprint density at radius 3 is 1.33 bits per heavy atom. The summed E-state index contributed by atoms with van der Waals surface area (Å²) in [6, 6.07) is 22.9. The molecule has 0 nitrogen and oxygen atoms in total. The van der Waals surface area contributed by atoms with Crippen molar-refractivity contribution in [1.82, 2.24) is 0 Å². The summed E-state index contributed by atoms with van der Waals surface area (Å²) in [4.78, 5) is 0. The third kappa shape index (κ3) is 2.13. The lowest BCUT2D eigenvalue weighted by Gasteiger charge is -2.19. The lowest BCUT2D eigenvalue weighted by Crippen LogP contribution is -1.97. The highest BCUT2D eigenvalue weighted by Crippen LogP contribution is 2.44. The molecular formula is C24H22. The number of hydrogen-bond donors (Lipinski definition) is 0. The zero-order chi connectivity index (χ0) is 15.9. The van der Waals surface area contributed by atoms with E-state index >= 15 is 0 Å². The molecule has 118 valence electrons. The molecule has 0 heterocycles. The summed E-state index contributed by atoms with van der Waals surface area (Å²) in [6.45, 7) is 0. The maximum Gasteiger partial charge on any atom is -0.00677 e. The van der Waals surface area contributed by atoms with Gasteiger partial charge in [0.1, 0.15) is 0 Å². The first-order valence-electron chi connectivity index (χ1n) is 9.23. The molecule has 2 aliphatic carbocycles. The van der Waals surface area contributed by atoms with Crippen molar-refractivity contribution in [2.75, 3.05) is 0 Å². The van der Waals surface area contributed by atoms with Gasteiger partial charge in [-0.25, -0.2) is 0 Å². The second-order valence-corrected chi connectivity index (χ2v) is 7.16. The van der Waals surface area contributed by atoms with Crippen LogP contribution in [0, 0.1) is 0 Å². The van der Waals surface area contributed by atoms with Gasteiger partial charge in [-0.15, -0.1) is 0 Å². The van der Waals surface area contributed by atoms with E-state index in [9.17, 15) is 0 Å². The number of fused-ring (bicyclic) bond motifs is 7. The summed E-state index contributed by atoms with van der Waals surface area (Å²) >= 11 is 0. The third-order valence-corrected chi connectivity index (χ3v) is 5.74. The van der Waals surface area contributed by atoms with Crippen molar-refractivity contribution in [3.05, 3.63) is 82.9 Å². The molecule has 2 aliphatic rings. The van der Waals surface area contributed by atoms with Crippen molar-refractivity contribution in [2.45, 2.75) is 38.5 Å². The topological polar surface area (TPSA) is 0 Å². The highest BCUT2D eigenvalue weighted by molar-refractivity contribution is 5.91. The molecule has 0 aromatic heterocycles. The molecule has 24 heavy (non-hydrogen) atoms. The van der Waals surface area contributed by atoms with Crippen molar-refractivity contribution in [2.24, 2.45) is 0 Å². The van der Waals surface area contributed by atoms with E-state index in [1.807, 2.05) is 0 Å². The highest BCUT2D eigenvalue weighted by atomic mass is 14.3. The normalized spacial score (nSPS) is 15.3. The van der Waals surface area contributed by atoms with Crippen LogP contribution < -0.4 is 0 Å². The van der Waals surface area contributed by atoms with Gasteiger partial charge in [-0.2, -0.15) is 0 Å². The van der Waals surface area contributed by atoms with Gasteiger partial charge < -0.3 is 0 Å². The Labute approximate surface area is 144 Å². The first-order valence-corrected chi connectivity index (χ1v) is 9.23. The van der Waals surface area contributed by atoms with Gasteiger partial charge in [0.2, 0.25) is 0 Å². The van der Waals surface area contributed by atoms with Crippen molar-refractivity contribution < 1.29 is 0 Å². The van der Waals surface area contributed by atoms with Crippen molar-refractivity contribution in [3.8, 4) is 22.3 Å². The Balaban J connectivity index is 1.89. The fourth-order valence-corrected chi connectivity index (χ4v) is 4.62. The van der Waals surface area contributed by atoms with Crippen molar-refractivity contribution in [3.63, 3.8) is 0 Å². The summed E-state index contributed by atoms with van der Waals surface area (Å²) in [5, 5.41) is 0. The van der Waals surface area contributed by atoms with Crippen molar-refractivity contribution in [1.29, 1.82) is 0 Å². The second kappa shape index (κ2) is 5.63. The van der Waals surface area contributed by atoms with Crippen LogP contribution in [-0.2, 0) is 25.7 Å². The van der Waals surface area contributed by atoms with Crippen LogP contribution in [0.5, 0.6) is 0 Å². The molecular weight excluding hydrogens is 288 g/mol. The molecule has 3 aromatic rings. The Bertz CT molecular complexity index is 841. The zero-order valence-electron chi connectivity index (χ0n) is 14.0. The maximum atomic E-state index is 2.41. The van der Waals surface area contributed by atoms with Crippen LogP contribution in [0.25, 0.3) is 22.3 Å². The zero-order valence-corrected chi connectivity index (χ0v) is 14.0. The van der Waals surface area contributed by atoms with Gasteiger partial charge in [0.15, 0.2) is 0 Å². The Hall–Kier alpha value is -2.34. The molecule has 0 heteroatoms. The molecule has 0 fully saturated rings. The first-order chi connectivity index (χ1) is 11.9. The van der Waals surface area contributed by atoms with Gasteiger partial charge >= 0.3 is 0 Å². The Morgan fingerprint density at radius 1 is 0.417 bits per heavy atom. The second-order valence-electron chi connectivity index (χ2n) is 7.16. The maximum absolute atomic E-state index is 2.41. The minimum absolute atomic E-state index is 1.19. The van der Waals surface area contributed by atoms with Crippen LogP contribution in [-0.4, -0.2) is 0 Å². The Morgan fingerprint density at radius 2 is 0.833 bits per heavy atom. The number of aryl methyl sites for hydroxylation is 4. The summed E-state index contributed by atoms with van der Waals surface area (Å²) < 4.78 is 0. The minimum Gasteiger partial charge on any atom is -0.0620 e. The summed E-state index contributed by atoms with van der Waals surface area (Å²) in [5.41, 5.74) is 12.1. The molecule has 0 saturated heterocycles. The van der Waals surface area contributed by atoms with E-state index in [0.29, 0.717) is 0 Å². The minimum atomic E-state index is 1.19. The van der Waals surface area contributed by atoms with E-state index in [2.05, 4.69) is 60.7 Å². The molecule has 0 aliphatic heterocycles. The third-order valence-electron chi connectivity index (χ3n) is 5.74. The van der Waals surface area contributed by atoms with Gasteiger partial charge in [0, 0.05) is 0 Å². The standard InChI is InChI=1S/C24H22/c1-3-13-21-17(7-1)9-5-11-19-15-16-20-12-6-10-18-8-2-4-14-22(18)24(20)23(19)21/h1-4,7-8,13-16H,5-6,9-12H2. The average molecular weight is 310 g/mol.